The zero-order valence-electron chi connectivity index (χ0n) is 14.0. The van der Waals surface area contributed by atoms with Crippen molar-refractivity contribution in [3.05, 3.63) is 0 Å². The van der Waals surface area contributed by atoms with Gasteiger partial charge in [0, 0.05) is 32.3 Å². The minimum Gasteiger partial charge on any atom is -0.396 e. The van der Waals surface area contributed by atoms with Crippen LogP contribution in [0.1, 0.15) is 64.7 Å². The highest BCUT2D eigenvalue weighted by Gasteiger charge is 2.40. The lowest BCUT2D eigenvalue weighted by molar-refractivity contribution is -0.0823. The molecule has 1 unspecified atom stereocenters. The van der Waals surface area contributed by atoms with Gasteiger partial charge in [0.1, 0.15) is 0 Å². The number of carbonyl (C=O) groups excluding carboxylic acids is 1. The lowest BCUT2D eigenvalue weighted by Crippen LogP contribution is -2.51. The number of rotatable bonds is 7. The van der Waals surface area contributed by atoms with Gasteiger partial charge in [-0.25, -0.2) is 4.79 Å². The van der Waals surface area contributed by atoms with Gasteiger partial charge in [-0.1, -0.05) is 26.2 Å². The summed E-state index contributed by atoms with van der Waals surface area (Å²) in [7, 11) is 0. The van der Waals surface area contributed by atoms with Crippen molar-refractivity contribution in [3.63, 3.8) is 0 Å². The molecule has 22 heavy (non-hydrogen) atoms. The molecule has 2 rings (SSSR count). The molecule has 1 aliphatic carbocycles. The quantitative estimate of drug-likeness (QED) is 0.760. The summed E-state index contributed by atoms with van der Waals surface area (Å²) in [5.41, 5.74) is 0.0372. The Morgan fingerprint density at radius 3 is 2.73 bits per heavy atom. The molecule has 1 heterocycles. The molecule has 1 spiro atoms. The van der Waals surface area contributed by atoms with E-state index in [0.717, 1.165) is 51.7 Å². The Balaban J connectivity index is 1.84. The molecule has 1 saturated heterocycles. The van der Waals surface area contributed by atoms with Crippen LogP contribution in [0.3, 0.4) is 0 Å². The summed E-state index contributed by atoms with van der Waals surface area (Å²) in [6, 6.07) is 0.263. The van der Waals surface area contributed by atoms with Gasteiger partial charge in [-0.15, -0.1) is 0 Å². The van der Waals surface area contributed by atoms with Crippen molar-refractivity contribution in [1.29, 1.82) is 0 Å². The molecule has 0 radical (unpaired) electrons. The van der Waals surface area contributed by atoms with Gasteiger partial charge >= 0.3 is 6.03 Å². The second-order valence-electron chi connectivity index (χ2n) is 6.80. The molecule has 1 aliphatic heterocycles. The van der Waals surface area contributed by atoms with Gasteiger partial charge in [0.05, 0.1) is 5.60 Å². The third-order valence-corrected chi connectivity index (χ3v) is 4.99. The molecular formula is C17H32N2O3. The maximum Gasteiger partial charge on any atom is 0.317 e. The van der Waals surface area contributed by atoms with E-state index in [-0.39, 0.29) is 24.3 Å². The molecule has 0 aromatic rings. The number of urea groups is 1. The first-order valence-electron chi connectivity index (χ1n) is 8.99. The highest BCUT2D eigenvalue weighted by atomic mass is 16.5. The Kier molecular flexibility index (Phi) is 6.96. The average molecular weight is 312 g/mol. The van der Waals surface area contributed by atoms with E-state index in [2.05, 4.69) is 12.2 Å². The van der Waals surface area contributed by atoms with E-state index >= 15 is 0 Å². The van der Waals surface area contributed by atoms with Crippen LogP contribution in [-0.2, 0) is 4.74 Å². The van der Waals surface area contributed by atoms with Crippen LogP contribution in [0, 0.1) is 0 Å². The fourth-order valence-corrected chi connectivity index (χ4v) is 3.71. The van der Waals surface area contributed by atoms with Crippen LogP contribution in [0.4, 0.5) is 4.79 Å². The topological polar surface area (TPSA) is 61.8 Å². The van der Waals surface area contributed by atoms with Gasteiger partial charge in [0.15, 0.2) is 0 Å². The molecular weight excluding hydrogens is 280 g/mol. The molecule has 2 aliphatic rings. The normalized spacial score (nSPS) is 23.6. The Morgan fingerprint density at radius 2 is 2.05 bits per heavy atom. The lowest BCUT2D eigenvalue weighted by atomic mass is 9.89. The molecule has 2 N–H and O–H groups in total. The van der Waals surface area contributed by atoms with Crippen LogP contribution >= 0.6 is 0 Å². The minimum atomic E-state index is 0.0296. The molecule has 0 aromatic carbocycles. The third kappa shape index (κ3) is 4.85. The molecule has 128 valence electrons. The van der Waals surface area contributed by atoms with Gasteiger partial charge in [-0.2, -0.15) is 0 Å². The van der Waals surface area contributed by atoms with Gasteiger partial charge in [0.2, 0.25) is 0 Å². The van der Waals surface area contributed by atoms with Crippen molar-refractivity contribution < 1.29 is 14.6 Å². The predicted molar refractivity (Wildman–Crippen MR) is 86.9 cm³/mol. The lowest BCUT2D eigenvalue weighted by Gasteiger charge is -2.39. The number of hydrogen-bond donors (Lipinski definition) is 2. The summed E-state index contributed by atoms with van der Waals surface area (Å²) < 4.78 is 6.03. The molecule has 1 saturated carbocycles. The molecule has 0 bridgehead atoms. The van der Waals surface area contributed by atoms with Crippen LogP contribution in [0.2, 0.25) is 0 Å². The number of hydrogen-bond acceptors (Lipinski definition) is 3. The van der Waals surface area contributed by atoms with Gasteiger partial charge in [0.25, 0.3) is 0 Å². The Bertz CT molecular complexity index is 335. The van der Waals surface area contributed by atoms with E-state index in [0.29, 0.717) is 13.0 Å². The molecule has 5 nitrogen and oxygen atoms in total. The number of unbranched alkanes of at least 4 members (excludes halogenated alkanes) is 1. The summed E-state index contributed by atoms with van der Waals surface area (Å²) in [6.07, 6.45) is 9.39. The third-order valence-electron chi connectivity index (χ3n) is 4.99. The van der Waals surface area contributed by atoms with Crippen LogP contribution < -0.4 is 5.32 Å². The summed E-state index contributed by atoms with van der Waals surface area (Å²) >= 11 is 0. The maximum atomic E-state index is 12.5. The predicted octanol–water partition coefficient (Wildman–Crippen LogP) is 2.67. The van der Waals surface area contributed by atoms with Crippen molar-refractivity contribution in [2.75, 3.05) is 26.3 Å². The van der Waals surface area contributed by atoms with Crippen LogP contribution in [-0.4, -0.2) is 54.0 Å². The fraction of sp³-hybridized carbons (Fsp3) is 0.941. The van der Waals surface area contributed by atoms with E-state index < -0.39 is 0 Å². The first kappa shape index (κ1) is 17.5. The van der Waals surface area contributed by atoms with E-state index in [1.165, 1.54) is 12.8 Å². The first-order valence-corrected chi connectivity index (χ1v) is 8.99. The number of nitrogens with one attached hydrogen (secondary N) is 1. The number of ether oxygens (including phenoxy) is 1. The molecule has 2 fully saturated rings. The SMILES string of the molecule is CCCCN(CCCO)C(=O)NC1CCOC2(CCCC2)C1. The first-order chi connectivity index (χ1) is 10.7. The molecule has 5 heteroatoms. The molecule has 1 atom stereocenters. The van der Waals surface area contributed by atoms with E-state index in [1.54, 1.807) is 0 Å². The van der Waals surface area contributed by atoms with Gasteiger partial charge < -0.3 is 20.1 Å². The average Bonchev–Trinajstić information content (AvgIpc) is 2.95. The maximum absolute atomic E-state index is 12.5. The van der Waals surface area contributed by atoms with Gasteiger partial charge in [-0.3, -0.25) is 0 Å². The fourth-order valence-electron chi connectivity index (χ4n) is 3.71. The van der Waals surface area contributed by atoms with Crippen molar-refractivity contribution in [1.82, 2.24) is 10.2 Å². The summed E-state index contributed by atoms with van der Waals surface area (Å²) in [5, 5.41) is 12.2. The summed E-state index contributed by atoms with van der Waals surface area (Å²) in [4.78, 5) is 14.4. The zero-order chi connectivity index (χ0) is 15.8. The number of amides is 2. The summed E-state index contributed by atoms with van der Waals surface area (Å²) in [6.45, 7) is 4.44. The van der Waals surface area contributed by atoms with Crippen molar-refractivity contribution in [2.45, 2.75) is 76.4 Å². The standard InChI is InChI=1S/C17H32N2O3/c1-2-3-10-19(11-6-12-20)16(21)18-15-7-13-22-17(14-15)8-4-5-9-17/h15,20H,2-14H2,1H3,(H,18,21). The molecule has 2 amide bonds. The van der Waals surface area contributed by atoms with E-state index in [4.69, 9.17) is 9.84 Å². The largest absolute Gasteiger partial charge is 0.396 e. The number of aliphatic hydroxyl groups is 1. The Morgan fingerprint density at radius 1 is 1.32 bits per heavy atom. The smallest absolute Gasteiger partial charge is 0.317 e. The van der Waals surface area contributed by atoms with Crippen molar-refractivity contribution >= 4 is 6.03 Å². The monoisotopic (exact) mass is 312 g/mol. The summed E-state index contributed by atoms with van der Waals surface area (Å²) in [5.74, 6) is 0. The van der Waals surface area contributed by atoms with Crippen LogP contribution in [0.5, 0.6) is 0 Å². The number of nitrogens with zero attached hydrogens (tertiary/aromatic N) is 1. The highest BCUT2D eigenvalue weighted by molar-refractivity contribution is 5.74. The zero-order valence-corrected chi connectivity index (χ0v) is 14.0. The van der Waals surface area contributed by atoms with Crippen LogP contribution in [0.25, 0.3) is 0 Å². The van der Waals surface area contributed by atoms with Crippen LogP contribution in [0.15, 0.2) is 0 Å². The second kappa shape index (κ2) is 8.73. The minimum absolute atomic E-state index is 0.0296. The van der Waals surface area contributed by atoms with E-state index in [1.807, 2.05) is 4.90 Å². The second-order valence-corrected chi connectivity index (χ2v) is 6.80. The Labute approximate surface area is 134 Å². The number of aliphatic hydroxyl groups excluding tert-OH is 1. The van der Waals surface area contributed by atoms with E-state index in [9.17, 15) is 4.79 Å². The van der Waals surface area contributed by atoms with Crippen molar-refractivity contribution in [3.8, 4) is 0 Å². The van der Waals surface area contributed by atoms with Gasteiger partial charge in [-0.05, 0) is 38.5 Å². The Hall–Kier alpha value is -0.810. The highest BCUT2D eigenvalue weighted by Crippen LogP contribution is 2.39. The molecule has 0 aromatic heterocycles. The number of carbonyl (C=O) groups is 1. The van der Waals surface area contributed by atoms with Crippen molar-refractivity contribution in [2.24, 2.45) is 0 Å².